The number of hydrogen-bond acceptors (Lipinski definition) is 4. The molecule has 0 heterocycles. The number of carboxylic acids is 1. The molecule has 0 fully saturated rings. The lowest BCUT2D eigenvalue weighted by Crippen LogP contribution is -2.34. The van der Waals surface area contributed by atoms with Gasteiger partial charge in [-0.2, -0.15) is 0 Å². The Bertz CT molecular complexity index is 136. The maximum Gasteiger partial charge on any atom is 0.321 e. The molecule has 1 atom stereocenters. The molecule has 8 N–H and O–H groups in total. The van der Waals surface area contributed by atoms with Crippen molar-refractivity contribution < 1.29 is 14.7 Å². The Balaban J connectivity index is 0. The summed E-state index contributed by atoms with van der Waals surface area (Å²) in [5.74, 6) is -1.92. The molecule has 0 unspecified atom stereocenters. The predicted octanol–water partition coefficient (Wildman–Crippen LogP) is -1.56. The first-order valence-electron chi connectivity index (χ1n) is 2.30. The molecule has 0 aromatic heterocycles. The molecule has 6 nitrogen and oxygen atoms in total. The quantitative estimate of drug-likeness (QED) is 0.383. The lowest BCUT2D eigenvalue weighted by atomic mass is 10.2. The van der Waals surface area contributed by atoms with Crippen LogP contribution in [0.5, 0.6) is 0 Å². The van der Waals surface area contributed by atoms with Crippen molar-refractivity contribution in [3.63, 3.8) is 0 Å². The van der Waals surface area contributed by atoms with Crippen molar-refractivity contribution >= 4 is 11.9 Å². The summed E-state index contributed by atoms with van der Waals surface area (Å²) in [6.45, 7) is 0. The summed E-state index contributed by atoms with van der Waals surface area (Å²) in [4.78, 5) is 19.9. The highest BCUT2D eigenvalue weighted by Crippen LogP contribution is 1.84. The zero-order valence-electron chi connectivity index (χ0n) is 5.41. The fourth-order valence-electron chi connectivity index (χ4n) is 0.304. The number of nitrogens with two attached hydrogens (primary N) is 2. The topological polar surface area (TPSA) is 141 Å². The minimum Gasteiger partial charge on any atom is -0.480 e. The molecule has 0 saturated carbocycles. The van der Waals surface area contributed by atoms with Crippen LogP contribution in [-0.4, -0.2) is 23.0 Å². The van der Waals surface area contributed by atoms with Gasteiger partial charge in [-0.05, 0) is 0 Å². The minimum atomic E-state index is -1.21. The molecule has 0 aliphatic heterocycles. The van der Waals surface area contributed by atoms with Crippen LogP contribution in [0, 0.1) is 0 Å². The maximum atomic E-state index is 9.99. The number of hydrogen-bond donors (Lipinski definition) is 4. The van der Waals surface area contributed by atoms with Crippen LogP contribution >= 0.6 is 0 Å². The second-order valence-electron chi connectivity index (χ2n) is 1.62. The van der Waals surface area contributed by atoms with E-state index in [0.29, 0.717) is 0 Å². The van der Waals surface area contributed by atoms with Gasteiger partial charge in [-0.1, -0.05) is 0 Å². The molecule has 0 aromatic rings. The van der Waals surface area contributed by atoms with E-state index in [1.165, 1.54) is 0 Å². The van der Waals surface area contributed by atoms with Crippen LogP contribution in [0.25, 0.3) is 0 Å². The standard InChI is InChI=1S/C4H8N2O3.H3N/c5-2(4(8)9)1-3(6)7;/h2H,1,5H2,(H2,6,7)(H,8,9);1H3/t2-;/m0./s1. The maximum absolute atomic E-state index is 9.99. The first-order valence-corrected chi connectivity index (χ1v) is 2.30. The lowest BCUT2D eigenvalue weighted by molar-refractivity contribution is -0.140. The van der Waals surface area contributed by atoms with Gasteiger partial charge in [-0.25, -0.2) is 0 Å². The first kappa shape index (κ1) is 11.6. The van der Waals surface area contributed by atoms with Gasteiger partial charge < -0.3 is 22.7 Å². The molecule has 0 saturated heterocycles. The molecular weight excluding hydrogens is 138 g/mol. The van der Waals surface area contributed by atoms with Gasteiger partial charge in [0, 0.05) is 0 Å². The monoisotopic (exact) mass is 149 g/mol. The van der Waals surface area contributed by atoms with Gasteiger partial charge >= 0.3 is 5.97 Å². The summed E-state index contributed by atoms with van der Waals surface area (Å²) in [7, 11) is 0. The molecule has 60 valence electrons. The van der Waals surface area contributed by atoms with E-state index in [9.17, 15) is 9.59 Å². The van der Waals surface area contributed by atoms with Crippen LogP contribution < -0.4 is 17.6 Å². The third kappa shape index (κ3) is 5.01. The summed E-state index contributed by atoms with van der Waals surface area (Å²) in [5, 5.41) is 8.10. The van der Waals surface area contributed by atoms with E-state index >= 15 is 0 Å². The highest BCUT2D eigenvalue weighted by Gasteiger charge is 2.13. The molecule has 10 heavy (non-hydrogen) atoms. The van der Waals surface area contributed by atoms with Gasteiger partial charge in [0.25, 0.3) is 0 Å². The van der Waals surface area contributed by atoms with Crippen LogP contribution in [-0.2, 0) is 9.59 Å². The lowest BCUT2D eigenvalue weighted by Gasteiger charge is -1.99. The minimum absolute atomic E-state index is 0. The highest BCUT2D eigenvalue weighted by atomic mass is 16.4. The van der Waals surface area contributed by atoms with Crippen LogP contribution in [0.4, 0.5) is 0 Å². The normalized spacial score (nSPS) is 11.3. The van der Waals surface area contributed by atoms with Crippen molar-refractivity contribution in [2.24, 2.45) is 11.5 Å². The van der Waals surface area contributed by atoms with Crippen molar-refractivity contribution in [2.75, 3.05) is 0 Å². The summed E-state index contributed by atoms with van der Waals surface area (Å²) in [5.41, 5.74) is 9.57. The summed E-state index contributed by atoms with van der Waals surface area (Å²) in [6.07, 6.45) is -0.310. The van der Waals surface area contributed by atoms with E-state index in [-0.39, 0.29) is 12.6 Å². The Labute approximate surface area is 57.8 Å². The fourth-order valence-corrected chi connectivity index (χ4v) is 0.304. The smallest absolute Gasteiger partial charge is 0.321 e. The molecule has 0 aliphatic rings. The van der Waals surface area contributed by atoms with Crippen molar-refractivity contribution in [1.29, 1.82) is 0 Å². The number of amides is 1. The summed E-state index contributed by atoms with van der Waals surface area (Å²) >= 11 is 0. The molecule has 0 aromatic carbocycles. The summed E-state index contributed by atoms with van der Waals surface area (Å²) in [6, 6.07) is -1.16. The van der Waals surface area contributed by atoms with Gasteiger partial charge in [0.05, 0.1) is 6.42 Å². The number of carbonyl (C=O) groups excluding carboxylic acids is 1. The second-order valence-corrected chi connectivity index (χ2v) is 1.62. The Morgan fingerprint density at radius 3 is 2.00 bits per heavy atom. The highest BCUT2D eigenvalue weighted by molar-refractivity contribution is 5.82. The van der Waals surface area contributed by atoms with Gasteiger partial charge in [-0.3, -0.25) is 9.59 Å². The number of aliphatic carboxylic acids is 1. The van der Waals surface area contributed by atoms with E-state index in [1.54, 1.807) is 0 Å². The molecule has 0 spiro atoms. The van der Waals surface area contributed by atoms with E-state index in [1.807, 2.05) is 0 Å². The zero-order valence-corrected chi connectivity index (χ0v) is 5.41. The van der Waals surface area contributed by atoms with E-state index < -0.39 is 17.9 Å². The largest absolute Gasteiger partial charge is 0.480 e. The van der Waals surface area contributed by atoms with Crippen molar-refractivity contribution in [3.8, 4) is 0 Å². The molecule has 6 heteroatoms. The number of primary amides is 1. The van der Waals surface area contributed by atoms with E-state index in [4.69, 9.17) is 10.8 Å². The average Bonchev–Trinajstić information content (AvgIpc) is 1.63. The number of rotatable bonds is 3. The van der Waals surface area contributed by atoms with Crippen LogP contribution in [0.2, 0.25) is 0 Å². The second kappa shape index (κ2) is 4.71. The Morgan fingerprint density at radius 1 is 1.50 bits per heavy atom. The predicted molar refractivity (Wildman–Crippen MR) is 34.4 cm³/mol. The average molecular weight is 149 g/mol. The third-order valence-corrected chi connectivity index (χ3v) is 0.738. The Morgan fingerprint density at radius 2 is 1.90 bits per heavy atom. The molecule has 1 amide bonds. The third-order valence-electron chi connectivity index (χ3n) is 0.738. The first-order chi connectivity index (χ1) is 4.04. The fraction of sp³-hybridized carbons (Fsp3) is 0.500. The van der Waals surface area contributed by atoms with E-state index in [0.717, 1.165) is 0 Å². The van der Waals surface area contributed by atoms with Crippen molar-refractivity contribution in [2.45, 2.75) is 12.5 Å². The Kier molecular flexibility index (Phi) is 5.48. The number of carbonyl (C=O) groups is 2. The van der Waals surface area contributed by atoms with Crippen molar-refractivity contribution in [1.82, 2.24) is 6.15 Å². The van der Waals surface area contributed by atoms with Gasteiger partial charge in [0.15, 0.2) is 0 Å². The van der Waals surface area contributed by atoms with Crippen LogP contribution in [0.1, 0.15) is 6.42 Å². The SMILES string of the molecule is N.NC(=O)C[C@H](N)C(=O)O. The molecule has 0 aliphatic carbocycles. The molecular formula is C4H11N3O3. The van der Waals surface area contributed by atoms with E-state index in [2.05, 4.69) is 5.73 Å². The molecule has 0 rings (SSSR count). The molecule has 0 radical (unpaired) electrons. The number of carboxylic acid groups (broad SMARTS) is 1. The molecule has 0 bridgehead atoms. The van der Waals surface area contributed by atoms with Gasteiger partial charge in [0.2, 0.25) is 5.91 Å². The zero-order chi connectivity index (χ0) is 7.44. The van der Waals surface area contributed by atoms with Crippen LogP contribution in [0.3, 0.4) is 0 Å². The van der Waals surface area contributed by atoms with Crippen LogP contribution in [0.15, 0.2) is 0 Å². The summed E-state index contributed by atoms with van der Waals surface area (Å²) < 4.78 is 0. The Hall–Kier alpha value is -1.14. The van der Waals surface area contributed by atoms with Gasteiger partial charge in [0.1, 0.15) is 6.04 Å². The van der Waals surface area contributed by atoms with Crippen molar-refractivity contribution in [3.05, 3.63) is 0 Å². The van der Waals surface area contributed by atoms with Gasteiger partial charge in [-0.15, -0.1) is 0 Å².